The fourth-order valence-corrected chi connectivity index (χ4v) is 3.10. The van der Waals surface area contributed by atoms with Crippen LogP contribution < -0.4 is 10.1 Å². The average molecular weight is 408 g/mol. The maximum absolute atomic E-state index is 10.5. The molecule has 0 radical (unpaired) electrons. The van der Waals surface area contributed by atoms with Gasteiger partial charge >= 0.3 is 0 Å². The van der Waals surface area contributed by atoms with Crippen LogP contribution in [0, 0.1) is 0 Å². The highest BCUT2D eigenvalue weighted by Crippen LogP contribution is 2.19. The van der Waals surface area contributed by atoms with Crippen molar-refractivity contribution in [1.82, 2.24) is 20.2 Å². The van der Waals surface area contributed by atoms with E-state index >= 15 is 0 Å². The summed E-state index contributed by atoms with van der Waals surface area (Å²) in [5.74, 6) is 2.26. The van der Waals surface area contributed by atoms with Gasteiger partial charge in [-0.15, -0.1) is 0 Å². The molecule has 3 aromatic rings. The lowest BCUT2D eigenvalue weighted by atomic mass is 10.1. The molecule has 3 N–H and O–H groups in total. The number of ether oxygens (including phenoxy) is 1. The van der Waals surface area contributed by atoms with E-state index < -0.39 is 6.10 Å². The molecule has 0 amide bonds. The zero-order valence-electron chi connectivity index (χ0n) is 17.7. The number of nitrogens with one attached hydrogen (secondary N) is 2. The fourth-order valence-electron chi connectivity index (χ4n) is 3.10. The predicted octanol–water partition coefficient (Wildman–Crippen LogP) is 3.22. The number of hydrogen-bond donors (Lipinski definition) is 3. The summed E-state index contributed by atoms with van der Waals surface area (Å²) < 4.78 is 5.23. The van der Waals surface area contributed by atoms with Crippen molar-refractivity contribution in [2.24, 2.45) is 4.99 Å². The van der Waals surface area contributed by atoms with Crippen molar-refractivity contribution in [2.75, 3.05) is 27.2 Å². The Morgan fingerprint density at radius 1 is 1.23 bits per heavy atom. The maximum Gasteiger partial charge on any atom is 0.194 e. The van der Waals surface area contributed by atoms with Gasteiger partial charge in [0, 0.05) is 13.6 Å². The standard InChI is InChI=1S/C23H29N5O2/c1-4-24-23(26-15-21(29)18-11-8-12-19(13-18)30-3)28(2)16-22-25-14-20(27-22)17-9-6-5-7-10-17/h5-14,21,29H,4,15-16H2,1-3H3,(H,24,26)(H,25,27). The summed E-state index contributed by atoms with van der Waals surface area (Å²) in [5.41, 5.74) is 2.85. The van der Waals surface area contributed by atoms with Crippen molar-refractivity contribution < 1.29 is 9.84 Å². The molecule has 2 aromatic carbocycles. The quantitative estimate of drug-likeness (QED) is 0.394. The molecule has 30 heavy (non-hydrogen) atoms. The van der Waals surface area contributed by atoms with Crippen LogP contribution in [0.5, 0.6) is 5.75 Å². The number of methoxy groups -OCH3 is 1. The van der Waals surface area contributed by atoms with E-state index in [0.29, 0.717) is 18.3 Å². The van der Waals surface area contributed by atoms with Crippen molar-refractivity contribution in [2.45, 2.75) is 19.6 Å². The van der Waals surface area contributed by atoms with Crippen LogP contribution in [-0.2, 0) is 6.54 Å². The molecule has 1 aromatic heterocycles. The second-order valence-corrected chi connectivity index (χ2v) is 6.95. The monoisotopic (exact) mass is 407 g/mol. The number of aromatic nitrogens is 2. The molecule has 0 aliphatic heterocycles. The summed E-state index contributed by atoms with van der Waals surface area (Å²) in [6.45, 7) is 3.55. The number of benzene rings is 2. The van der Waals surface area contributed by atoms with Crippen molar-refractivity contribution in [1.29, 1.82) is 0 Å². The van der Waals surface area contributed by atoms with Crippen LogP contribution in [0.15, 0.2) is 65.8 Å². The van der Waals surface area contributed by atoms with Gasteiger partial charge in [-0.25, -0.2) is 4.98 Å². The summed E-state index contributed by atoms with van der Waals surface area (Å²) in [4.78, 5) is 14.4. The lowest BCUT2D eigenvalue weighted by Gasteiger charge is -2.21. The molecule has 158 valence electrons. The molecule has 0 saturated carbocycles. The molecule has 0 spiro atoms. The average Bonchev–Trinajstić information content (AvgIpc) is 3.25. The second kappa shape index (κ2) is 10.5. The Hall–Kier alpha value is -3.32. The highest BCUT2D eigenvalue weighted by molar-refractivity contribution is 5.79. The van der Waals surface area contributed by atoms with Crippen LogP contribution in [0.2, 0.25) is 0 Å². The minimum atomic E-state index is -0.713. The SMILES string of the molecule is CCNC(=NCC(O)c1cccc(OC)c1)N(C)Cc1ncc(-c2ccccc2)[nH]1. The largest absolute Gasteiger partial charge is 0.497 e. The summed E-state index contributed by atoms with van der Waals surface area (Å²) in [5, 5.41) is 13.8. The first-order valence-electron chi connectivity index (χ1n) is 10.0. The van der Waals surface area contributed by atoms with E-state index in [0.717, 1.165) is 29.2 Å². The first-order chi connectivity index (χ1) is 14.6. The van der Waals surface area contributed by atoms with E-state index in [4.69, 9.17) is 4.74 Å². The highest BCUT2D eigenvalue weighted by atomic mass is 16.5. The Morgan fingerprint density at radius 3 is 2.77 bits per heavy atom. The number of rotatable bonds is 8. The van der Waals surface area contributed by atoms with Gasteiger partial charge in [0.2, 0.25) is 0 Å². The molecule has 7 heteroatoms. The van der Waals surface area contributed by atoms with E-state index in [-0.39, 0.29) is 6.54 Å². The van der Waals surface area contributed by atoms with Gasteiger partial charge in [0.1, 0.15) is 11.6 Å². The number of aliphatic hydroxyl groups excluding tert-OH is 1. The van der Waals surface area contributed by atoms with Gasteiger partial charge in [-0.2, -0.15) is 0 Å². The van der Waals surface area contributed by atoms with Gasteiger partial charge < -0.3 is 25.0 Å². The molecule has 0 saturated heterocycles. The Morgan fingerprint density at radius 2 is 2.03 bits per heavy atom. The van der Waals surface area contributed by atoms with Gasteiger partial charge in [-0.3, -0.25) is 4.99 Å². The number of imidazole rings is 1. The smallest absolute Gasteiger partial charge is 0.194 e. The molecule has 0 fully saturated rings. The molecule has 3 rings (SSSR count). The van der Waals surface area contributed by atoms with Crippen LogP contribution in [0.3, 0.4) is 0 Å². The van der Waals surface area contributed by atoms with Gasteiger partial charge in [-0.1, -0.05) is 42.5 Å². The van der Waals surface area contributed by atoms with Crippen LogP contribution in [-0.4, -0.2) is 53.2 Å². The van der Waals surface area contributed by atoms with Crippen LogP contribution in [0.4, 0.5) is 0 Å². The summed E-state index contributed by atoms with van der Waals surface area (Å²) >= 11 is 0. The molecule has 1 heterocycles. The summed E-state index contributed by atoms with van der Waals surface area (Å²) in [6.07, 6.45) is 1.13. The topological polar surface area (TPSA) is 85.8 Å². The second-order valence-electron chi connectivity index (χ2n) is 6.95. The van der Waals surface area contributed by atoms with Crippen LogP contribution >= 0.6 is 0 Å². The summed E-state index contributed by atoms with van der Waals surface area (Å²) in [6, 6.07) is 17.5. The molecule has 1 atom stereocenters. The third kappa shape index (κ3) is 5.61. The zero-order chi connectivity index (χ0) is 21.3. The molecule has 0 aliphatic carbocycles. The zero-order valence-corrected chi connectivity index (χ0v) is 17.7. The molecular weight excluding hydrogens is 378 g/mol. The third-order valence-corrected chi connectivity index (χ3v) is 4.69. The molecule has 0 aliphatic rings. The van der Waals surface area contributed by atoms with E-state index in [1.165, 1.54) is 0 Å². The number of nitrogens with zero attached hydrogens (tertiary/aromatic N) is 3. The summed E-state index contributed by atoms with van der Waals surface area (Å²) in [7, 11) is 3.56. The molecular formula is C23H29N5O2. The lowest BCUT2D eigenvalue weighted by Crippen LogP contribution is -2.39. The lowest BCUT2D eigenvalue weighted by molar-refractivity contribution is 0.186. The minimum Gasteiger partial charge on any atom is -0.497 e. The van der Waals surface area contributed by atoms with Gasteiger partial charge in [0.05, 0.1) is 38.2 Å². The molecule has 7 nitrogen and oxygen atoms in total. The Kier molecular flexibility index (Phi) is 7.45. The van der Waals surface area contributed by atoms with Crippen LogP contribution in [0.25, 0.3) is 11.3 Å². The van der Waals surface area contributed by atoms with E-state index in [1.807, 2.05) is 79.7 Å². The normalized spacial score (nSPS) is 12.5. The Balaban J connectivity index is 1.66. The maximum atomic E-state index is 10.5. The number of aromatic amines is 1. The number of hydrogen-bond acceptors (Lipinski definition) is 4. The first kappa shape index (κ1) is 21.4. The minimum absolute atomic E-state index is 0.243. The van der Waals surface area contributed by atoms with Gasteiger partial charge in [0.25, 0.3) is 0 Å². The Bertz CT molecular complexity index is 955. The van der Waals surface area contributed by atoms with Crippen molar-refractivity contribution in [3.8, 4) is 17.0 Å². The third-order valence-electron chi connectivity index (χ3n) is 4.69. The number of H-pyrrole nitrogens is 1. The first-order valence-corrected chi connectivity index (χ1v) is 10.0. The highest BCUT2D eigenvalue weighted by Gasteiger charge is 2.12. The fraction of sp³-hybridized carbons (Fsp3) is 0.304. The van der Waals surface area contributed by atoms with Crippen molar-refractivity contribution in [3.05, 3.63) is 72.2 Å². The van der Waals surface area contributed by atoms with E-state index in [1.54, 1.807) is 7.11 Å². The van der Waals surface area contributed by atoms with E-state index in [2.05, 4.69) is 20.3 Å². The van der Waals surface area contributed by atoms with Crippen LogP contribution in [0.1, 0.15) is 24.4 Å². The van der Waals surface area contributed by atoms with Crippen molar-refractivity contribution >= 4 is 5.96 Å². The predicted molar refractivity (Wildman–Crippen MR) is 119 cm³/mol. The number of guanidine groups is 1. The van der Waals surface area contributed by atoms with Crippen molar-refractivity contribution in [3.63, 3.8) is 0 Å². The molecule has 0 bridgehead atoms. The van der Waals surface area contributed by atoms with Gasteiger partial charge in [0.15, 0.2) is 5.96 Å². The number of aliphatic imine (C=N–C) groups is 1. The van der Waals surface area contributed by atoms with E-state index in [9.17, 15) is 5.11 Å². The molecule has 1 unspecified atom stereocenters. The van der Waals surface area contributed by atoms with Gasteiger partial charge in [-0.05, 0) is 30.2 Å². The Labute approximate surface area is 177 Å². The number of aliphatic hydroxyl groups is 1.